The molecule has 0 saturated heterocycles. The molecule has 0 heterocycles. The third-order valence-electron chi connectivity index (χ3n) is 3.20. The second-order valence-electron chi connectivity index (χ2n) is 4.29. The Kier molecular flexibility index (Phi) is 3.40. The summed E-state index contributed by atoms with van der Waals surface area (Å²) in [6.07, 6.45) is 3.33. The first-order valence-electron chi connectivity index (χ1n) is 5.48. The smallest absolute Gasteiger partial charge is 0.184 e. The zero-order valence-corrected chi connectivity index (χ0v) is 11.4. The molecule has 0 unspecified atom stereocenters. The van der Waals surface area contributed by atoms with E-state index in [0.29, 0.717) is 4.90 Å². The molecule has 0 N–H and O–H groups in total. The minimum atomic E-state index is -3.12. The quantitative estimate of drug-likeness (QED) is 0.783. The predicted molar refractivity (Wildman–Crippen MR) is 68.6 cm³/mol. The van der Waals surface area contributed by atoms with Crippen LogP contribution in [0.4, 0.5) is 0 Å². The van der Waals surface area contributed by atoms with Crippen molar-refractivity contribution in [2.45, 2.75) is 35.3 Å². The van der Waals surface area contributed by atoms with Crippen LogP contribution in [0.25, 0.3) is 0 Å². The molecule has 4 heteroatoms. The van der Waals surface area contributed by atoms with E-state index in [4.69, 9.17) is 0 Å². The molecule has 88 valence electrons. The first-order chi connectivity index (χ1) is 7.62. The van der Waals surface area contributed by atoms with Crippen LogP contribution >= 0.6 is 15.9 Å². The van der Waals surface area contributed by atoms with Crippen LogP contribution in [0.15, 0.2) is 35.2 Å². The van der Waals surface area contributed by atoms with E-state index in [1.54, 1.807) is 24.3 Å². The average molecular weight is 303 g/mol. The second-order valence-corrected chi connectivity index (χ2v) is 7.43. The maximum atomic E-state index is 12.4. The van der Waals surface area contributed by atoms with Crippen molar-refractivity contribution in [3.8, 4) is 0 Å². The molecule has 0 aliphatic heterocycles. The van der Waals surface area contributed by atoms with Crippen molar-refractivity contribution >= 4 is 25.8 Å². The van der Waals surface area contributed by atoms with Crippen LogP contribution in [-0.2, 0) is 9.84 Å². The molecule has 0 atom stereocenters. The molecule has 2 rings (SSSR count). The van der Waals surface area contributed by atoms with Crippen LogP contribution in [-0.4, -0.2) is 18.5 Å². The van der Waals surface area contributed by atoms with E-state index in [1.165, 1.54) is 0 Å². The summed E-state index contributed by atoms with van der Waals surface area (Å²) in [5.74, 6) is 0. The first-order valence-corrected chi connectivity index (χ1v) is 8.08. The number of alkyl halides is 1. The molecule has 1 aromatic carbocycles. The highest BCUT2D eigenvalue weighted by atomic mass is 79.9. The summed E-state index contributed by atoms with van der Waals surface area (Å²) in [7, 11) is -3.12. The summed E-state index contributed by atoms with van der Waals surface area (Å²) >= 11 is 3.36. The van der Waals surface area contributed by atoms with E-state index < -0.39 is 14.6 Å². The van der Waals surface area contributed by atoms with Crippen LogP contribution in [0.5, 0.6) is 0 Å². The van der Waals surface area contributed by atoms with E-state index in [9.17, 15) is 8.42 Å². The molecule has 1 aromatic rings. The maximum Gasteiger partial charge on any atom is 0.184 e. The minimum Gasteiger partial charge on any atom is -0.223 e. The van der Waals surface area contributed by atoms with Crippen LogP contribution in [0.3, 0.4) is 0 Å². The maximum absolute atomic E-state index is 12.4. The Bertz CT molecular complexity index is 449. The van der Waals surface area contributed by atoms with Crippen molar-refractivity contribution in [3.63, 3.8) is 0 Å². The molecule has 0 amide bonds. The Morgan fingerprint density at radius 1 is 1.19 bits per heavy atom. The summed E-state index contributed by atoms with van der Waals surface area (Å²) in [6.45, 7) is 0. The molecule has 0 spiro atoms. The lowest BCUT2D eigenvalue weighted by Crippen LogP contribution is -2.23. The highest BCUT2D eigenvalue weighted by Gasteiger charge is 2.53. The molecule has 2 nitrogen and oxygen atoms in total. The van der Waals surface area contributed by atoms with Crippen LogP contribution in [0.2, 0.25) is 0 Å². The van der Waals surface area contributed by atoms with E-state index in [0.717, 1.165) is 31.0 Å². The third-order valence-corrected chi connectivity index (χ3v) is 6.40. The highest BCUT2D eigenvalue weighted by molar-refractivity contribution is 9.09. The number of halogens is 1. The molecule has 1 fully saturated rings. The van der Waals surface area contributed by atoms with Gasteiger partial charge in [0.05, 0.1) is 9.64 Å². The SMILES string of the molecule is O=S(=O)(c1ccccc1)C1(CCCBr)CC1. The van der Waals surface area contributed by atoms with Gasteiger partial charge in [0.15, 0.2) is 9.84 Å². The number of benzene rings is 1. The predicted octanol–water partition coefficient (Wildman–Crippen LogP) is 3.17. The van der Waals surface area contributed by atoms with Gasteiger partial charge in [-0.15, -0.1) is 0 Å². The average Bonchev–Trinajstić information content (AvgIpc) is 3.09. The van der Waals surface area contributed by atoms with Gasteiger partial charge < -0.3 is 0 Å². The Morgan fingerprint density at radius 3 is 2.31 bits per heavy atom. The van der Waals surface area contributed by atoms with Gasteiger partial charge in [0.25, 0.3) is 0 Å². The largest absolute Gasteiger partial charge is 0.223 e. The molecule has 1 saturated carbocycles. The number of rotatable bonds is 5. The molecule has 16 heavy (non-hydrogen) atoms. The third kappa shape index (κ3) is 2.05. The number of hydrogen-bond donors (Lipinski definition) is 0. The Morgan fingerprint density at radius 2 is 1.81 bits per heavy atom. The van der Waals surface area contributed by atoms with E-state index in [2.05, 4.69) is 15.9 Å². The number of sulfone groups is 1. The lowest BCUT2D eigenvalue weighted by atomic mass is 10.2. The summed E-state index contributed by atoms with van der Waals surface area (Å²) in [6, 6.07) is 8.81. The summed E-state index contributed by atoms with van der Waals surface area (Å²) in [4.78, 5) is 0.474. The van der Waals surface area contributed by atoms with Gasteiger partial charge >= 0.3 is 0 Å². The minimum absolute atomic E-state index is 0.456. The van der Waals surface area contributed by atoms with Gasteiger partial charge in [-0.3, -0.25) is 0 Å². The van der Waals surface area contributed by atoms with Crippen molar-refractivity contribution < 1.29 is 8.42 Å². The fourth-order valence-corrected chi connectivity index (χ4v) is 4.38. The second kappa shape index (κ2) is 4.49. The normalized spacial score (nSPS) is 18.3. The van der Waals surface area contributed by atoms with E-state index in [-0.39, 0.29) is 0 Å². The van der Waals surface area contributed by atoms with Gasteiger partial charge in [-0.05, 0) is 37.8 Å². The van der Waals surface area contributed by atoms with Crippen molar-refractivity contribution in [2.24, 2.45) is 0 Å². The molecular formula is C12H15BrO2S. The molecule has 1 aliphatic rings. The van der Waals surface area contributed by atoms with Crippen molar-refractivity contribution in [1.29, 1.82) is 0 Å². The Balaban J connectivity index is 2.27. The van der Waals surface area contributed by atoms with Gasteiger partial charge in [-0.1, -0.05) is 34.1 Å². The van der Waals surface area contributed by atoms with Gasteiger partial charge in [0.1, 0.15) is 0 Å². The molecule has 1 aliphatic carbocycles. The molecule has 0 radical (unpaired) electrons. The van der Waals surface area contributed by atoms with Crippen molar-refractivity contribution in [3.05, 3.63) is 30.3 Å². The van der Waals surface area contributed by atoms with Crippen LogP contribution in [0.1, 0.15) is 25.7 Å². The lowest BCUT2D eigenvalue weighted by molar-refractivity contribution is 0.566. The highest BCUT2D eigenvalue weighted by Crippen LogP contribution is 2.50. The monoisotopic (exact) mass is 302 g/mol. The van der Waals surface area contributed by atoms with E-state index >= 15 is 0 Å². The summed E-state index contributed by atoms with van der Waals surface area (Å²) < 4.78 is 24.4. The van der Waals surface area contributed by atoms with Gasteiger partial charge in [-0.2, -0.15) is 0 Å². The fraction of sp³-hybridized carbons (Fsp3) is 0.500. The van der Waals surface area contributed by atoms with Gasteiger partial charge in [0, 0.05) is 5.33 Å². The van der Waals surface area contributed by atoms with Crippen molar-refractivity contribution in [1.82, 2.24) is 0 Å². The van der Waals surface area contributed by atoms with Crippen molar-refractivity contribution in [2.75, 3.05) is 5.33 Å². The lowest BCUT2D eigenvalue weighted by Gasteiger charge is -2.15. The van der Waals surface area contributed by atoms with Gasteiger partial charge in [0.2, 0.25) is 0 Å². The van der Waals surface area contributed by atoms with Gasteiger partial charge in [-0.25, -0.2) is 8.42 Å². The summed E-state index contributed by atoms with van der Waals surface area (Å²) in [5.41, 5.74) is 0. The first kappa shape index (κ1) is 12.1. The summed E-state index contributed by atoms with van der Waals surface area (Å²) in [5, 5.41) is 0.874. The topological polar surface area (TPSA) is 34.1 Å². The fourth-order valence-electron chi connectivity index (χ4n) is 2.03. The van der Waals surface area contributed by atoms with Crippen LogP contribution in [0, 0.1) is 0 Å². The molecule has 0 aromatic heterocycles. The Hall–Kier alpha value is -0.350. The standard InChI is InChI=1S/C12H15BrO2S/c13-10-4-7-12(8-9-12)16(14,15)11-5-2-1-3-6-11/h1-3,5-6H,4,7-10H2. The molecular weight excluding hydrogens is 288 g/mol. The number of hydrogen-bond acceptors (Lipinski definition) is 2. The Labute approximate surface area is 105 Å². The zero-order valence-electron chi connectivity index (χ0n) is 9.02. The molecule has 0 bridgehead atoms. The van der Waals surface area contributed by atoms with Crippen LogP contribution < -0.4 is 0 Å². The zero-order chi connectivity index (χ0) is 11.6. The van der Waals surface area contributed by atoms with E-state index in [1.807, 2.05) is 6.07 Å².